The molecule has 0 saturated heterocycles. The summed E-state index contributed by atoms with van der Waals surface area (Å²) in [6.45, 7) is 3.40. The van der Waals surface area contributed by atoms with Gasteiger partial charge in [0.15, 0.2) is 5.13 Å². The number of carbonyl (C=O) groups excluding carboxylic acids is 1. The maximum Gasteiger partial charge on any atom is 0.257 e. The number of aromatic nitrogens is 1. The number of rotatable bonds is 7. The number of benzene rings is 2. The van der Waals surface area contributed by atoms with Crippen molar-refractivity contribution in [1.29, 1.82) is 0 Å². The molecule has 0 atom stereocenters. The van der Waals surface area contributed by atoms with Crippen molar-refractivity contribution in [1.82, 2.24) is 10.3 Å². The third-order valence-electron chi connectivity index (χ3n) is 3.80. The van der Waals surface area contributed by atoms with Crippen LogP contribution in [-0.4, -0.2) is 31.1 Å². The Bertz CT molecular complexity index is 876. The predicted molar refractivity (Wildman–Crippen MR) is 103 cm³/mol. The number of nitrogens with zero attached hydrogens (tertiary/aromatic N) is 1. The molecule has 25 heavy (non-hydrogen) atoms. The Hall–Kier alpha value is -2.44. The second kappa shape index (κ2) is 8.09. The van der Waals surface area contributed by atoms with E-state index in [0.717, 1.165) is 34.5 Å². The van der Waals surface area contributed by atoms with Gasteiger partial charge in [-0.2, -0.15) is 0 Å². The highest BCUT2D eigenvalue weighted by Crippen LogP contribution is 2.29. The smallest absolute Gasteiger partial charge is 0.257 e. The van der Waals surface area contributed by atoms with Crippen molar-refractivity contribution in [2.45, 2.75) is 13.3 Å². The van der Waals surface area contributed by atoms with Crippen LogP contribution in [0.1, 0.15) is 22.8 Å². The van der Waals surface area contributed by atoms with Gasteiger partial charge in [-0.15, -0.1) is 0 Å². The SMILES string of the molecule is CCOc1ccc2nc(NC(=O)c3ccccc3CCNC)sc2c1. The molecule has 0 aliphatic carbocycles. The minimum Gasteiger partial charge on any atom is -0.494 e. The molecule has 5 nitrogen and oxygen atoms in total. The number of ether oxygens (including phenoxy) is 1. The van der Waals surface area contributed by atoms with Gasteiger partial charge >= 0.3 is 0 Å². The monoisotopic (exact) mass is 355 g/mol. The minimum absolute atomic E-state index is 0.129. The number of fused-ring (bicyclic) bond motifs is 1. The summed E-state index contributed by atoms with van der Waals surface area (Å²) in [5, 5.41) is 6.63. The number of hydrogen-bond acceptors (Lipinski definition) is 5. The lowest BCUT2D eigenvalue weighted by atomic mass is 10.0. The summed E-state index contributed by atoms with van der Waals surface area (Å²) < 4.78 is 6.50. The molecule has 2 N–H and O–H groups in total. The number of anilines is 1. The van der Waals surface area contributed by atoms with Crippen LogP contribution in [0.25, 0.3) is 10.2 Å². The van der Waals surface area contributed by atoms with E-state index in [-0.39, 0.29) is 5.91 Å². The number of nitrogens with one attached hydrogen (secondary N) is 2. The van der Waals surface area contributed by atoms with Gasteiger partial charge in [-0.05, 0) is 56.8 Å². The van der Waals surface area contributed by atoms with Gasteiger partial charge in [-0.3, -0.25) is 10.1 Å². The Morgan fingerprint density at radius 1 is 1.24 bits per heavy atom. The zero-order chi connectivity index (χ0) is 17.6. The van der Waals surface area contributed by atoms with Gasteiger partial charge in [-0.1, -0.05) is 29.5 Å². The van der Waals surface area contributed by atoms with E-state index >= 15 is 0 Å². The average molecular weight is 355 g/mol. The predicted octanol–water partition coefficient (Wildman–Crippen LogP) is 3.71. The molecule has 3 aromatic rings. The maximum atomic E-state index is 12.7. The van der Waals surface area contributed by atoms with Crippen LogP contribution in [0, 0.1) is 0 Å². The first-order valence-electron chi connectivity index (χ1n) is 8.28. The molecule has 0 fully saturated rings. The van der Waals surface area contributed by atoms with Gasteiger partial charge < -0.3 is 10.1 Å². The third kappa shape index (κ3) is 4.15. The highest BCUT2D eigenvalue weighted by Gasteiger charge is 2.13. The summed E-state index contributed by atoms with van der Waals surface area (Å²) in [6, 6.07) is 13.4. The van der Waals surface area contributed by atoms with Crippen LogP contribution in [0.5, 0.6) is 5.75 Å². The lowest BCUT2D eigenvalue weighted by Crippen LogP contribution is -2.17. The van der Waals surface area contributed by atoms with Gasteiger partial charge in [0.25, 0.3) is 5.91 Å². The van der Waals surface area contributed by atoms with Crippen molar-refractivity contribution in [2.75, 3.05) is 25.5 Å². The number of likely N-dealkylation sites (N-methyl/N-ethyl adjacent to an activating group) is 1. The molecule has 1 amide bonds. The highest BCUT2D eigenvalue weighted by molar-refractivity contribution is 7.22. The molecule has 0 unspecified atom stereocenters. The number of hydrogen-bond donors (Lipinski definition) is 2. The van der Waals surface area contributed by atoms with Crippen LogP contribution in [0.4, 0.5) is 5.13 Å². The minimum atomic E-state index is -0.129. The number of carbonyl (C=O) groups is 1. The van der Waals surface area contributed by atoms with E-state index in [4.69, 9.17) is 4.74 Å². The van der Waals surface area contributed by atoms with E-state index in [1.54, 1.807) is 0 Å². The fourth-order valence-corrected chi connectivity index (χ4v) is 3.49. The summed E-state index contributed by atoms with van der Waals surface area (Å²) in [5.41, 5.74) is 2.56. The summed E-state index contributed by atoms with van der Waals surface area (Å²) >= 11 is 1.45. The summed E-state index contributed by atoms with van der Waals surface area (Å²) in [6.07, 6.45) is 0.803. The van der Waals surface area contributed by atoms with Crippen molar-refractivity contribution in [3.8, 4) is 5.75 Å². The van der Waals surface area contributed by atoms with Crippen molar-refractivity contribution in [3.63, 3.8) is 0 Å². The van der Waals surface area contributed by atoms with E-state index in [1.807, 2.05) is 56.4 Å². The van der Waals surface area contributed by atoms with Crippen molar-refractivity contribution in [3.05, 3.63) is 53.6 Å². The van der Waals surface area contributed by atoms with E-state index < -0.39 is 0 Å². The summed E-state index contributed by atoms with van der Waals surface area (Å²) in [5.74, 6) is 0.685. The molecular formula is C19H21N3O2S. The van der Waals surface area contributed by atoms with Gasteiger partial charge in [-0.25, -0.2) is 4.98 Å². The first-order chi connectivity index (χ1) is 12.2. The van der Waals surface area contributed by atoms with E-state index in [1.165, 1.54) is 11.3 Å². The molecule has 1 aromatic heterocycles. The normalized spacial score (nSPS) is 10.8. The summed E-state index contributed by atoms with van der Waals surface area (Å²) in [4.78, 5) is 17.1. The van der Waals surface area contributed by atoms with Crippen LogP contribution in [0.15, 0.2) is 42.5 Å². The Labute approximate surface area is 151 Å². The molecule has 0 bridgehead atoms. The molecule has 0 aliphatic rings. The average Bonchev–Trinajstić information content (AvgIpc) is 3.02. The van der Waals surface area contributed by atoms with Crippen LogP contribution in [-0.2, 0) is 6.42 Å². The Morgan fingerprint density at radius 3 is 2.88 bits per heavy atom. The molecule has 2 aromatic carbocycles. The quantitative estimate of drug-likeness (QED) is 0.678. The van der Waals surface area contributed by atoms with Crippen LogP contribution < -0.4 is 15.4 Å². The van der Waals surface area contributed by atoms with Crippen molar-refractivity contribution < 1.29 is 9.53 Å². The molecule has 130 valence electrons. The molecule has 0 radical (unpaired) electrons. The molecule has 3 rings (SSSR count). The molecule has 0 spiro atoms. The molecule has 0 aliphatic heterocycles. The Kier molecular flexibility index (Phi) is 5.63. The van der Waals surface area contributed by atoms with Gasteiger partial charge in [0.1, 0.15) is 5.75 Å². The third-order valence-corrected chi connectivity index (χ3v) is 4.73. The largest absolute Gasteiger partial charge is 0.494 e. The topological polar surface area (TPSA) is 63.2 Å². The van der Waals surface area contributed by atoms with Crippen molar-refractivity contribution >= 4 is 32.6 Å². The lowest BCUT2D eigenvalue weighted by molar-refractivity contribution is 0.102. The van der Waals surface area contributed by atoms with Gasteiger partial charge in [0.2, 0.25) is 0 Å². The first kappa shape index (κ1) is 17.4. The molecule has 0 saturated carbocycles. The first-order valence-corrected chi connectivity index (χ1v) is 9.10. The van der Waals surface area contributed by atoms with E-state index in [2.05, 4.69) is 15.6 Å². The van der Waals surface area contributed by atoms with Crippen LogP contribution in [0.3, 0.4) is 0 Å². The second-order valence-electron chi connectivity index (χ2n) is 5.55. The number of amides is 1. The van der Waals surface area contributed by atoms with E-state index in [0.29, 0.717) is 17.3 Å². The van der Waals surface area contributed by atoms with Crippen molar-refractivity contribution in [2.24, 2.45) is 0 Å². The Balaban J connectivity index is 1.80. The zero-order valence-corrected chi connectivity index (χ0v) is 15.2. The summed E-state index contributed by atoms with van der Waals surface area (Å²) in [7, 11) is 1.90. The fraction of sp³-hybridized carbons (Fsp3) is 0.263. The Morgan fingerprint density at radius 2 is 2.08 bits per heavy atom. The van der Waals surface area contributed by atoms with E-state index in [9.17, 15) is 4.79 Å². The molecule has 6 heteroatoms. The van der Waals surface area contributed by atoms with Crippen LogP contribution >= 0.6 is 11.3 Å². The number of thiazole rings is 1. The van der Waals surface area contributed by atoms with Gasteiger partial charge in [0.05, 0.1) is 16.8 Å². The molecular weight excluding hydrogens is 334 g/mol. The highest BCUT2D eigenvalue weighted by atomic mass is 32.1. The van der Waals surface area contributed by atoms with Gasteiger partial charge in [0, 0.05) is 5.56 Å². The van der Waals surface area contributed by atoms with Crippen LogP contribution in [0.2, 0.25) is 0 Å². The fourth-order valence-electron chi connectivity index (χ4n) is 2.60. The maximum absolute atomic E-state index is 12.7. The lowest BCUT2D eigenvalue weighted by Gasteiger charge is -2.08. The standard InChI is InChI=1S/C19H21N3O2S/c1-3-24-14-8-9-16-17(12-14)25-19(21-16)22-18(23)15-7-5-4-6-13(15)10-11-20-2/h4-9,12,20H,3,10-11H2,1-2H3,(H,21,22,23). The molecule has 1 heterocycles. The zero-order valence-electron chi connectivity index (χ0n) is 14.3. The second-order valence-corrected chi connectivity index (χ2v) is 6.58.